The fourth-order valence-corrected chi connectivity index (χ4v) is 2.57. The normalized spacial score (nSPS) is 20.1. The molecule has 1 unspecified atom stereocenters. The number of aryl methyl sites for hydroxylation is 1. The molecule has 2 rings (SSSR count). The molecule has 0 saturated carbocycles. The molecule has 1 aliphatic heterocycles. The standard InChI is InChI=1S/C13H22N2O2/c1-3-12-11(8-16)13(4-2)15(14-12)7-10-5-6-17-9-10/h10,16H,3-9H2,1-2H3. The predicted molar refractivity (Wildman–Crippen MR) is 65.8 cm³/mol. The number of aliphatic hydroxyl groups is 1. The van der Waals surface area contributed by atoms with Crippen molar-refractivity contribution in [1.29, 1.82) is 0 Å². The van der Waals surface area contributed by atoms with Gasteiger partial charge in [0.15, 0.2) is 0 Å². The highest BCUT2D eigenvalue weighted by atomic mass is 16.5. The number of hydrogen-bond donors (Lipinski definition) is 1. The summed E-state index contributed by atoms with van der Waals surface area (Å²) in [5, 5.41) is 14.1. The van der Waals surface area contributed by atoms with E-state index in [-0.39, 0.29) is 6.61 Å². The summed E-state index contributed by atoms with van der Waals surface area (Å²) in [5.74, 6) is 0.580. The van der Waals surface area contributed by atoms with E-state index >= 15 is 0 Å². The molecule has 1 aromatic heterocycles. The Hall–Kier alpha value is -0.870. The van der Waals surface area contributed by atoms with E-state index in [0.717, 1.165) is 50.3 Å². The summed E-state index contributed by atoms with van der Waals surface area (Å²) >= 11 is 0. The third-order valence-corrected chi connectivity index (χ3v) is 3.53. The van der Waals surface area contributed by atoms with Gasteiger partial charge in [-0.05, 0) is 19.3 Å². The van der Waals surface area contributed by atoms with Crippen LogP contribution in [0, 0.1) is 5.92 Å². The highest BCUT2D eigenvalue weighted by molar-refractivity contribution is 5.26. The summed E-state index contributed by atoms with van der Waals surface area (Å²) in [6.45, 7) is 6.96. The summed E-state index contributed by atoms with van der Waals surface area (Å²) in [6, 6.07) is 0. The zero-order valence-electron chi connectivity index (χ0n) is 10.8. The molecule has 0 aliphatic carbocycles. The smallest absolute Gasteiger partial charge is 0.0718 e. The van der Waals surface area contributed by atoms with Crippen molar-refractivity contribution in [3.05, 3.63) is 17.0 Å². The van der Waals surface area contributed by atoms with Crippen LogP contribution in [0.2, 0.25) is 0 Å². The summed E-state index contributed by atoms with van der Waals surface area (Å²) in [7, 11) is 0. The molecule has 17 heavy (non-hydrogen) atoms. The van der Waals surface area contributed by atoms with E-state index in [1.165, 1.54) is 5.69 Å². The van der Waals surface area contributed by atoms with Crippen molar-refractivity contribution in [3.8, 4) is 0 Å². The first kappa shape index (κ1) is 12.6. The Kier molecular flexibility index (Phi) is 4.18. The molecule has 0 aromatic carbocycles. The summed E-state index contributed by atoms with van der Waals surface area (Å²) in [5.41, 5.74) is 3.27. The molecule has 1 fully saturated rings. The Bertz CT molecular complexity index is 368. The van der Waals surface area contributed by atoms with E-state index in [1.54, 1.807) is 0 Å². The van der Waals surface area contributed by atoms with Crippen LogP contribution in [-0.4, -0.2) is 28.1 Å². The van der Waals surface area contributed by atoms with Gasteiger partial charge in [0.1, 0.15) is 0 Å². The zero-order valence-corrected chi connectivity index (χ0v) is 10.8. The van der Waals surface area contributed by atoms with Crippen molar-refractivity contribution in [2.24, 2.45) is 5.92 Å². The van der Waals surface area contributed by atoms with Crippen molar-refractivity contribution < 1.29 is 9.84 Å². The van der Waals surface area contributed by atoms with Gasteiger partial charge in [0.05, 0.1) is 18.9 Å². The van der Waals surface area contributed by atoms with Crippen LogP contribution in [-0.2, 0) is 30.7 Å². The number of aromatic nitrogens is 2. The van der Waals surface area contributed by atoms with E-state index in [9.17, 15) is 5.11 Å². The summed E-state index contributed by atoms with van der Waals surface area (Å²) in [6.07, 6.45) is 2.94. The van der Waals surface area contributed by atoms with Gasteiger partial charge in [-0.3, -0.25) is 4.68 Å². The lowest BCUT2D eigenvalue weighted by Crippen LogP contribution is -2.14. The molecule has 4 heteroatoms. The van der Waals surface area contributed by atoms with E-state index in [1.807, 2.05) is 0 Å². The topological polar surface area (TPSA) is 47.3 Å². The molecule has 2 heterocycles. The quantitative estimate of drug-likeness (QED) is 0.846. The molecular weight excluding hydrogens is 216 g/mol. The molecule has 1 aliphatic rings. The van der Waals surface area contributed by atoms with Gasteiger partial charge in [-0.25, -0.2) is 0 Å². The summed E-state index contributed by atoms with van der Waals surface area (Å²) < 4.78 is 7.49. The van der Waals surface area contributed by atoms with Gasteiger partial charge in [0.25, 0.3) is 0 Å². The van der Waals surface area contributed by atoms with Gasteiger partial charge < -0.3 is 9.84 Å². The van der Waals surface area contributed by atoms with Crippen LogP contribution < -0.4 is 0 Å². The lowest BCUT2D eigenvalue weighted by Gasteiger charge is -2.11. The number of hydrogen-bond acceptors (Lipinski definition) is 3. The SMILES string of the molecule is CCc1nn(CC2CCOC2)c(CC)c1CO. The second kappa shape index (κ2) is 5.65. The minimum atomic E-state index is 0.105. The van der Waals surface area contributed by atoms with Crippen LogP contribution in [0.3, 0.4) is 0 Å². The van der Waals surface area contributed by atoms with Gasteiger partial charge in [-0.15, -0.1) is 0 Å². The van der Waals surface area contributed by atoms with Crippen molar-refractivity contribution in [3.63, 3.8) is 0 Å². The van der Waals surface area contributed by atoms with Crippen LogP contribution >= 0.6 is 0 Å². The minimum absolute atomic E-state index is 0.105. The van der Waals surface area contributed by atoms with Crippen LogP contribution in [0.1, 0.15) is 37.2 Å². The monoisotopic (exact) mass is 238 g/mol. The second-order valence-electron chi connectivity index (χ2n) is 4.65. The maximum atomic E-state index is 9.46. The maximum Gasteiger partial charge on any atom is 0.0718 e. The third kappa shape index (κ3) is 2.53. The average Bonchev–Trinajstić information content (AvgIpc) is 2.96. The van der Waals surface area contributed by atoms with Gasteiger partial charge in [0.2, 0.25) is 0 Å². The Labute approximate surface area is 103 Å². The lowest BCUT2D eigenvalue weighted by atomic mass is 10.1. The molecule has 4 nitrogen and oxygen atoms in total. The van der Waals surface area contributed by atoms with E-state index in [4.69, 9.17) is 4.74 Å². The Balaban J connectivity index is 2.22. The van der Waals surface area contributed by atoms with Crippen LogP contribution in [0.25, 0.3) is 0 Å². The van der Waals surface area contributed by atoms with Crippen LogP contribution in [0.15, 0.2) is 0 Å². The number of rotatable bonds is 5. The number of ether oxygens (including phenoxy) is 1. The zero-order chi connectivity index (χ0) is 12.3. The van der Waals surface area contributed by atoms with E-state index < -0.39 is 0 Å². The van der Waals surface area contributed by atoms with Gasteiger partial charge in [-0.2, -0.15) is 5.10 Å². The molecule has 1 atom stereocenters. The molecule has 0 spiro atoms. The fraction of sp³-hybridized carbons (Fsp3) is 0.769. The molecule has 1 aromatic rings. The predicted octanol–water partition coefficient (Wildman–Crippen LogP) is 1.54. The van der Waals surface area contributed by atoms with Crippen molar-refractivity contribution in [1.82, 2.24) is 9.78 Å². The fourth-order valence-electron chi connectivity index (χ4n) is 2.57. The molecule has 0 radical (unpaired) electrons. The first-order valence-corrected chi connectivity index (χ1v) is 6.56. The van der Waals surface area contributed by atoms with E-state index in [2.05, 4.69) is 23.6 Å². The van der Waals surface area contributed by atoms with Gasteiger partial charge in [0, 0.05) is 30.3 Å². The third-order valence-electron chi connectivity index (χ3n) is 3.53. The van der Waals surface area contributed by atoms with Crippen LogP contribution in [0.5, 0.6) is 0 Å². The van der Waals surface area contributed by atoms with E-state index in [0.29, 0.717) is 5.92 Å². The highest BCUT2D eigenvalue weighted by Gasteiger charge is 2.20. The largest absolute Gasteiger partial charge is 0.392 e. The van der Waals surface area contributed by atoms with Crippen molar-refractivity contribution >= 4 is 0 Å². The van der Waals surface area contributed by atoms with Gasteiger partial charge >= 0.3 is 0 Å². The summed E-state index contributed by atoms with van der Waals surface area (Å²) in [4.78, 5) is 0. The number of aliphatic hydroxyl groups excluding tert-OH is 1. The second-order valence-corrected chi connectivity index (χ2v) is 4.65. The molecule has 1 saturated heterocycles. The lowest BCUT2D eigenvalue weighted by molar-refractivity contribution is 0.181. The molecular formula is C13H22N2O2. The minimum Gasteiger partial charge on any atom is -0.392 e. The Morgan fingerprint density at radius 2 is 2.24 bits per heavy atom. The Morgan fingerprint density at radius 1 is 1.41 bits per heavy atom. The van der Waals surface area contributed by atoms with Crippen molar-refractivity contribution in [2.75, 3.05) is 13.2 Å². The maximum absolute atomic E-state index is 9.46. The first-order valence-electron chi connectivity index (χ1n) is 6.56. The number of nitrogens with zero attached hydrogens (tertiary/aromatic N) is 2. The molecule has 0 bridgehead atoms. The van der Waals surface area contributed by atoms with Gasteiger partial charge in [-0.1, -0.05) is 13.8 Å². The average molecular weight is 238 g/mol. The highest BCUT2D eigenvalue weighted by Crippen LogP contribution is 2.20. The van der Waals surface area contributed by atoms with Crippen LogP contribution in [0.4, 0.5) is 0 Å². The molecule has 1 N–H and O–H groups in total. The molecule has 0 amide bonds. The first-order chi connectivity index (χ1) is 8.30. The Morgan fingerprint density at radius 3 is 2.76 bits per heavy atom. The van der Waals surface area contributed by atoms with Crippen molar-refractivity contribution in [2.45, 2.75) is 46.3 Å². The molecule has 96 valence electrons.